The van der Waals surface area contributed by atoms with Gasteiger partial charge in [-0.1, -0.05) is 43.2 Å². The Kier molecular flexibility index (Phi) is 13.2. The molecular formula is C34H47Cl3N8O. The van der Waals surface area contributed by atoms with Crippen LogP contribution in [0.25, 0.3) is 11.2 Å². The molecule has 1 aliphatic heterocycles. The summed E-state index contributed by atoms with van der Waals surface area (Å²) in [6.07, 6.45) is 14.4. The molecule has 1 saturated heterocycles. The molecule has 0 atom stereocenters. The average molecular weight is 690 g/mol. The lowest BCUT2D eigenvalue weighted by atomic mass is 9.90. The molecule has 0 spiro atoms. The van der Waals surface area contributed by atoms with E-state index < -0.39 is 0 Å². The molecule has 2 aromatic heterocycles. The summed E-state index contributed by atoms with van der Waals surface area (Å²) in [6, 6.07) is 19.7. The van der Waals surface area contributed by atoms with Gasteiger partial charge in [-0.3, -0.25) is 0 Å². The molecule has 46 heavy (non-hydrogen) atoms. The number of nitrogens with two attached hydrogens (primary N) is 1. The molecule has 12 heteroatoms. The Hall–Kier alpha value is -2.82. The Labute approximate surface area is 290 Å². The van der Waals surface area contributed by atoms with E-state index in [0.717, 1.165) is 86.5 Å². The van der Waals surface area contributed by atoms with E-state index in [2.05, 4.69) is 38.5 Å². The SMILES string of the molecule is Cl.Cl.Cl.N[C@H]1CC[C@H](Nc2nc(NN3CCC(Cc4cccc(Oc5ccccc5)c4)CC3)c3ncn(C4CCCC4)c3n2)CC1. The van der Waals surface area contributed by atoms with E-state index >= 15 is 0 Å². The van der Waals surface area contributed by atoms with Crippen molar-refractivity contribution >= 4 is 60.2 Å². The molecule has 7 rings (SSSR count). The van der Waals surface area contributed by atoms with E-state index in [4.69, 9.17) is 25.4 Å². The van der Waals surface area contributed by atoms with Crippen LogP contribution in [0.5, 0.6) is 11.5 Å². The molecule has 2 aromatic carbocycles. The van der Waals surface area contributed by atoms with Gasteiger partial charge in [0, 0.05) is 31.2 Å². The fourth-order valence-electron chi connectivity index (χ4n) is 7.05. The molecule has 3 heterocycles. The van der Waals surface area contributed by atoms with Crippen molar-refractivity contribution in [1.82, 2.24) is 24.5 Å². The Morgan fingerprint density at radius 3 is 2.26 bits per heavy atom. The zero-order valence-electron chi connectivity index (χ0n) is 26.2. The van der Waals surface area contributed by atoms with E-state index in [9.17, 15) is 0 Å². The quantitative estimate of drug-likeness (QED) is 0.163. The first-order valence-corrected chi connectivity index (χ1v) is 16.3. The number of para-hydroxylation sites is 1. The predicted octanol–water partition coefficient (Wildman–Crippen LogP) is 7.96. The van der Waals surface area contributed by atoms with Crippen LogP contribution < -0.4 is 21.2 Å². The van der Waals surface area contributed by atoms with Gasteiger partial charge in [0.05, 0.1) is 6.33 Å². The maximum atomic E-state index is 6.16. The first-order chi connectivity index (χ1) is 21.2. The highest BCUT2D eigenvalue weighted by atomic mass is 35.5. The van der Waals surface area contributed by atoms with Crippen molar-refractivity contribution in [2.75, 3.05) is 23.8 Å². The van der Waals surface area contributed by atoms with E-state index in [-0.39, 0.29) is 37.2 Å². The number of imidazole rings is 1. The number of hydrogen-bond donors (Lipinski definition) is 3. The zero-order chi connectivity index (χ0) is 29.0. The highest BCUT2D eigenvalue weighted by Crippen LogP contribution is 2.34. The molecular weight excluding hydrogens is 643 g/mol. The van der Waals surface area contributed by atoms with Gasteiger partial charge >= 0.3 is 0 Å². The van der Waals surface area contributed by atoms with Crippen molar-refractivity contribution in [2.45, 2.75) is 88.8 Å². The summed E-state index contributed by atoms with van der Waals surface area (Å²) in [7, 11) is 0. The number of benzene rings is 2. The summed E-state index contributed by atoms with van der Waals surface area (Å²) in [5, 5.41) is 5.96. The van der Waals surface area contributed by atoms with Gasteiger partial charge in [0.2, 0.25) is 5.95 Å². The minimum Gasteiger partial charge on any atom is -0.457 e. The summed E-state index contributed by atoms with van der Waals surface area (Å²) < 4.78 is 8.37. The van der Waals surface area contributed by atoms with Crippen LogP contribution in [0.4, 0.5) is 11.8 Å². The molecule has 2 aliphatic carbocycles. The first kappa shape index (κ1) is 36.0. The van der Waals surface area contributed by atoms with Crippen molar-refractivity contribution in [3.8, 4) is 11.5 Å². The number of ether oxygens (including phenoxy) is 1. The van der Waals surface area contributed by atoms with Crippen LogP contribution >= 0.6 is 37.2 Å². The lowest BCUT2D eigenvalue weighted by molar-refractivity contribution is 0.216. The Morgan fingerprint density at radius 2 is 1.52 bits per heavy atom. The normalized spacial score (nSPS) is 20.7. The molecule has 3 fully saturated rings. The summed E-state index contributed by atoms with van der Waals surface area (Å²) in [4.78, 5) is 14.8. The van der Waals surface area contributed by atoms with Crippen LogP contribution in [0, 0.1) is 5.92 Å². The van der Waals surface area contributed by atoms with E-state index in [1.165, 1.54) is 31.2 Å². The van der Waals surface area contributed by atoms with Gasteiger partial charge in [-0.25, -0.2) is 9.99 Å². The van der Waals surface area contributed by atoms with Gasteiger partial charge in [0.15, 0.2) is 17.0 Å². The Bertz CT molecular complexity index is 1500. The Morgan fingerprint density at radius 1 is 0.804 bits per heavy atom. The fourth-order valence-corrected chi connectivity index (χ4v) is 7.05. The monoisotopic (exact) mass is 688 g/mol. The number of halogens is 3. The summed E-state index contributed by atoms with van der Waals surface area (Å²) in [5.41, 5.74) is 13.0. The lowest BCUT2D eigenvalue weighted by Gasteiger charge is -2.32. The predicted molar refractivity (Wildman–Crippen MR) is 193 cm³/mol. The highest BCUT2D eigenvalue weighted by Gasteiger charge is 2.26. The van der Waals surface area contributed by atoms with Crippen molar-refractivity contribution in [3.63, 3.8) is 0 Å². The number of piperidine rings is 1. The number of hydrogen-bond acceptors (Lipinski definition) is 8. The van der Waals surface area contributed by atoms with Crippen LogP contribution in [0.3, 0.4) is 0 Å². The molecule has 2 saturated carbocycles. The number of hydrazine groups is 1. The smallest absolute Gasteiger partial charge is 0.227 e. The topological polar surface area (TPSA) is 106 Å². The summed E-state index contributed by atoms with van der Waals surface area (Å²) >= 11 is 0. The van der Waals surface area contributed by atoms with Crippen molar-refractivity contribution in [2.24, 2.45) is 11.7 Å². The third-order valence-corrected chi connectivity index (χ3v) is 9.52. The number of rotatable bonds is 9. The zero-order valence-corrected chi connectivity index (χ0v) is 28.7. The highest BCUT2D eigenvalue weighted by molar-refractivity contribution is 5.86. The first-order valence-electron chi connectivity index (χ1n) is 16.3. The molecule has 4 aromatic rings. The van der Waals surface area contributed by atoms with Crippen LogP contribution in [-0.2, 0) is 6.42 Å². The third kappa shape index (κ3) is 8.75. The number of anilines is 2. The minimum atomic E-state index is 0. The molecule has 0 amide bonds. The van der Waals surface area contributed by atoms with Gasteiger partial charge in [-0.2, -0.15) is 9.97 Å². The van der Waals surface area contributed by atoms with E-state index in [1.807, 2.05) is 42.7 Å². The molecule has 0 unspecified atom stereocenters. The maximum Gasteiger partial charge on any atom is 0.227 e. The van der Waals surface area contributed by atoms with Crippen LogP contribution in [0.15, 0.2) is 60.9 Å². The van der Waals surface area contributed by atoms with Gasteiger partial charge in [-0.05, 0) is 93.5 Å². The van der Waals surface area contributed by atoms with Crippen LogP contribution in [0.1, 0.15) is 75.8 Å². The van der Waals surface area contributed by atoms with Crippen molar-refractivity contribution < 1.29 is 4.74 Å². The molecule has 9 nitrogen and oxygen atoms in total. The van der Waals surface area contributed by atoms with Crippen LogP contribution in [0.2, 0.25) is 0 Å². The average Bonchev–Trinajstić information content (AvgIpc) is 3.71. The van der Waals surface area contributed by atoms with E-state index in [0.29, 0.717) is 30.0 Å². The van der Waals surface area contributed by atoms with Crippen LogP contribution in [-0.4, -0.2) is 49.7 Å². The standard InChI is InChI=1S/C34H44N8O.3ClH/c35-26-13-15-27(16-14-26)37-34-38-32(31-33(39-34)42(23-36-31)28-8-4-5-9-28)40-41-19-17-24(18-20-41)21-25-7-6-12-30(22-25)43-29-10-2-1-3-11-29;;;/h1-3,6-7,10-12,22-24,26-28H,4-5,8-9,13-21,35H2,(H2,37,38,39,40);3*1H/t26-,27-;;;. The van der Waals surface area contributed by atoms with Gasteiger partial charge in [0.1, 0.15) is 11.5 Å². The molecule has 3 aliphatic rings. The number of nitrogens with zero attached hydrogens (tertiary/aromatic N) is 5. The summed E-state index contributed by atoms with van der Waals surface area (Å²) in [5.74, 6) is 3.90. The number of aromatic nitrogens is 4. The second-order valence-corrected chi connectivity index (χ2v) is 12.7. The molecule has 4 N–H and O–H groups in total. The number of nitrogens with one attached hydrogen (secondary N) is 2. The third-order valence-electron chi connectivity index (χ3n) is 9.52. The van der Waals surface area contributed by atoms with E-state index in [1.54, 1.807) is 0 Å². The fraction of sp³-hybridized carbons (Fsp3) is 0.500. The Balaban J connectivity index is 0.00000160. The molecule has 0 radical (unpaired) electrons. The largest absolute Gasteiger partial charge is 0.457 e. The molecule has 0 bridgehead atoms. The maximum absolute atomic E-state index is 6.16. The number of fused-ring (bicyclic) bond motifs is 1. The second-order valence-electron chi connectivity index (χ2n) is 12.7. The van der Waals surface area contributed by atoms with Crippen molar-refractivity contribution in [1.29, 1.82) is 0 Å². The minimum absolute atomic E-state index is 0. The van der Waals surface area contributed by atoms with Gasteiger partial charge in [-0.15, -0.1) is 37.2 Å². The lowest BCUT2D eigenvalue weighted by Crippen LogP contribution is -2.39. The second kappa shape index (κ2) is 16.8. The van der Waals surface area contributed by atoms with Gasteiger partial charge < -0.3 is 25.8 Å². The van der Waals surface area contributed by atoms with Gasteiger partial charge in [0.25, 0.3) is 0 Å². The molecule has 250 valence electrons. The summed E-state index contributed by atoms with van der Waals surface area (Å²) in [6.45, 7) is 1.92. The van der Waals surface area contributed by atoms with Crippen molar-refractivity contribution in [3.05, 3.63) is 66.5 Å².